The fourth-order valence-corrected chi connectivity index (χ4v) is 10.1. The van der Waals surface area contributed by atoms with Gasteiger partial charge in [0.1, 0.15) is 6.61 Å². The van der Waals surface area contributed by atoms with Crippen LogP contribution in [0.25, 0.3) is 0 Å². The molecule has 0 spiro atoms. The van der Waals surface area contributed by atoms with E-state index in [1.165, 1.54) is 238 Å². The number of unbranched alkanes of at least 4 members (excludes halogenated alkanes) is 41. The van der Waals surface area contributed by atoms with Crippen LogP contribution >= 0.6 is 7.82 Å². The smallest absolute Gasteiger partial charge is 0.462 e. The summed E-state index contributed by atoms with van der Waals surface area (Å²) >= 11 is 0. The topological polar surface area (TPSA) is 134 Å². The Hall–Kier alpha value is -1.77. The summed E-state index contributed by atoms with van der Waals surface area (Å²) in [6, 6.07) is 0. The molecular weight excluding hydrogens is 930 g/mol. The Kier molecular flexibility index (Phi) is 58.0. The zero-order valence-electron chi connectivity index (χ0n) is 48.1. The van der Waals surface area contributed by atoms with Crippen LogP contribution in [0.15, 0.2) is 36.5 Å². The maximum Gasteiger partial charge on any atom is 0.472 e. The number of hydrogen-bond acceptors (Lipinski definition) is 8. The zero-order chi connectivity index (χ0) is 53.1. The minimum Gasteiger partial charge on any atom is -0.462 e. The number of rotatable bonds is 60. The summed E-state index contributed by atoms with van der Waals surface area (Å²) in [6.45, 7) is 3.78. The molecule has 2 atom stereocenters. The molecule has 0 saturated carbocycles. The Morgan fingerprint density at radius 3 is 1.05 bits per heavy atom. The number of carbonyl (C=O) groups excluding carboxylic acids is 2. The van der Waals surface area contributed by atoms with Gasteiger partial charge in [0.05, 0.1) is 13.2 Å². The van der Waals surface area contributed by atoms with Crippen LogP contribution in [0.4, 0.5) is 0 Å². The average molecular weight is 1050 g/mol. The van der Waals surface area contributed by atoms with Gasteiger partial charge in [-0.1, -0.05) is 275 Å². The van der Waals surface area contributed by atoms with Gasteiger partial charge in [-0.25, -0.2) is 4.57 Å². The van der Waals surface area contributed by atoms with Crippen LogP contribution in [0.5, 0.6) is 0 Å². The lowest BCUT2D eigenvalue weighted by Crippen LogP contribution is -2.29. The number of phosphoric acid groups is 1. The van der Waals surface area contributed by atoms with Gasteiger partial charge in [-0.05, 0) is 70.6 Å². The second-order valence-corrected chi connectivity index (χ2v) is 22.7. The van der Waals surface area contributed by atoms with Crippen LogP contribution in [0.1, 0.15) is 322 Å². The number of esters is 2. The SMILES string of the molecule is CCCCCCC/C=C\C/C=C\CCCCCCCCCCCC(=O)OC(COC(=O)CCCCCCCCCCCCCCCCCCCCC/C=C\CCCCCCCCCC)COP(=O)(O)OCCN. The summed E-state index contributed by atoms with van der Waals surface area (Å²) < 4.78 is 33.1. The Bertz CT molecular complexity index is 1290. The van der Waals surface area contributed by atoms with Crippen molar-refractivity contribution in [2.45, 2.75) is 328 Å². The summed E-state index contributed by atoms with van der Waals surface area (Å²) in [7, 11) is -4.39. The van der Waals surface area contributed by atoms with Crippen molar-refractivity contribution in [2.24, 2.45) is 5.73 Å². The highest BCUT2D eigenvalue weighted by Gasteiger charge is 2.26. The van der Waals surface area contributed by atoms with Gasteiger partial charge in [0.15, 0.2) is 6.10 Å². The number of phosphoric ester groups is 1. The first kappa shape index (κ1) is 71.2. The molecule has 2 unspecified atom stereocenters. The number of nitrogens with two attached hydrogens (primary N) is 1. The second kappa shape index (κ2) is 59.5. The summed E-state index contributed by atoms with van der Waals surface area (Å²) in [4.78, 5) is 35.2. The monoisotopic (exact) mass is 1050 g/mol. The Balaban J connectivity index is 3.87. The second-order valence-electron chi connectivity index (χ2n) is 21.3. The van der Waals surface area contributed by atoms with Crippen molar-refractivity contribution in [3.8, 4) is 0 Å². The number of carbonyl (C=O) groups is 2. The van der Waals surface area contributed by atoms with Gasteiger partial charge in [-0.15, -0.1) is 0 Å². The minimum absolute atomic E-state index is 0.0539. The quantitative estimate of drug-likeness (QED) is 0.0264. The van der Waals surface area contributed by atoms with Gasteiger partial charge in [0.25, 0.3) is 0 Å². The molecule has 0 heterocycles. The predicted octanol–water partition coefficient (Wildman–Crippen LogP) is 20.0. The van der Waals surface area contributed by atoms with Crippen molar-refractivity contribution in [1.29, 1.82) is 0 Å². The molecule has 430 valence electrons. The summed E-state index contributed by atoms with van der Waals surface area (Å²) in [5, 5.41) is 0. The van der Waals surface area contributed by atoms with Gasteiger partial charge in [0, 0.05) is 19.4 Å². The molecule has 0 radical (unpaired) electrons. The maximum absolute atomic E-state index is 12.7. The molecular formula is C63H120NO8P. The van der Waals surface area contributed by atoms with Crippen LogP contribution in [0.2, 0.25) is 0 Å². The van der Waals surface area contributed by atoms with Crippen molar-refractivity contribution in [3.63, 3.8) is 0 Å². The lowest BCUT2D eigenvalue weighted by atomic mass is 10.0. The minimum atomic E-state index is -4.39. The molecule has 0 aromatic rings. The van der Waals surface area contributed by atoms with E-state index in [1.807, 2.05) is 0 Å². The molecule has 0 rings (SSSR count). The molecule has 9 nitrogen and oxygen atoms in total. The number of allylic oxidation sites excluding steroid dienone is 6. The molecule has 10 heteroatoms. The third-order valence-electron chi connectivity index (χ3n) is 14.0. The van der Waals surface area contributed by atoms with Gasteiger partial charge in [0.2, 0.25) is 0 Å². The van der Waals surface area contributed by atoms with Crippen molar-refractivity contribution >= 4 is 19.8 Å². The van der Waals surface area contributed by atoms with E-state index in [-0.39, 0.29) is 38.6 Å². The Morgan fingerprint density at radius 2 is 0.712 bits per heavy atom. The number of ether oxygens (including phenoxy) is 2. The highest BCUT2D eigenvalue weighted by Crippen LogP contribution is 2.43. The predicted molar refractivity (Wildman–Crippen MR) is 312 cm³/mol. The molecule has 0 aromatic heterocycles. The molecule has 0 fully saturated rings. The largest absolute Gasteiger partial charge is 0.472 e. The fourth-order valence-electron chi connectivity index (χ4n) is 9.31. The third kappa shape index (κ3) is 59.3. The lowest BCUT2D eigenvalue weighted by molar-refractivity contribution is -0.161. The van der Waals surface area contributed by atoms with Crippen LogP contribution in [0.3, 0.4) is 0 Å². The van der Waals surface area contributed by atoms with Crippen molar-refractivity contribution in [1.82, 2.24) is 0 Å². The normalized spacial score (nSPS) is 13.2. The highest BCUT2D eigenvalue weighted by atomic mass is 31.2. The summed E-state index contributed by atoms with van der Waals surface area (Å²) in [6.07, 6.45) is 72.2. The van der Waals surface area contributed by atoms with Crippen molar-refractivity contribution in [3.05, 3.63) is 36.5 Å². The first-order valence-corrected chi connectivity index (χ1v) is 33.0. The van der Waals surface area contributed by atoms with E-state index < -0.39 is 26.5 Å². The van der Waals surface area contributed by atoms with Gasteiger partial charge in [-0.2, -0.15) is 0 Å². The molecule has 0 aliphatic heterocycles. The van der Waals surface area contributed by atoms with E-state index in [0.717, 1.165) is 51.4 Å². The van der Waals surface area contributed by atoms with Crippen LogP contribution in [-0.2, 0) is 32.7 Å². The molecule has 0 aromatic carbocycles. The fraction of sp³-hybridized carbons (Fsp3) is 0.873. The highest BCUT2D eigenvalue weighted by molar-refractivity contribution is 7.47. The molecule has 0 amide bonds. The van der Waals surface area contributed by atoms with Gasteiger partial charge >= 0.3 is 19.8 Å². The van der Waals surface area contributed by atoms with Crippen LogP contribution < -0.4 is 5.73 Å². The number of hydrogen-bond donors (Lipinski definition) is 2. The van der Waals surface area contributed by atoms with E-state index in [9.17, 15) is 19.0 Å². The zero-order valence-corrected chi connectivity index (χ0v) is 49.0. The average Bonchev–Trinajstić information content (AvgIpc) is 3.38. The lowest BCUT2D eigenvalue weighted by Gasteiger charge is -2.19. The molecule has 0 bridgehead atoms. The summed E-state index contributed by atoms with van der Waals surface area (Å²) in [5.74, 6) is -0.817. The Labute approximate surface area is 452 Å². The molecule has 0 aliphatic carbocycles. The van der Waals surface area contributed by atoms with E-state index in [2.05, 4.69) is 50.3 Å². The van der Waals surface area contributed by atoms with Crippen LogP contribution in [0, 0.1) is 0 Å². The molecule has 73 heavy (non-hydrogen) atoms. The van der Waals surface area contributed by atoms with Crippen molar-refractivity contribution < 1.29 is 37.6 Å². The molecule has 3 N–H and O–H groups in total. The summed E-state index contributed by atoms with van der Waals surface area (Å²) in [5.41, 5.74) is 5.39. The van der Waals surface area contributed by atoms with Crippen LogP contribution in [-0.4, -0.2) is 49.3 Å². The van der Waals surface area contributed by atoms with Crippen molar-refractivity contribution in [2.75, 3.05) is 26.4 Å². The molecule has 0 saturated heterocycles. The van der Waals surface area contributed by atoms with E-state index >= 15 is 0 Å². The van der Waals surface area contributed by atoms with E-state index in [0.29, 0.717) is 6.42 Å². The first-order chi connectivity index (χ1) is 35.8. The van der Waals surface area contributed by atoms with E-state index in [4.69, 9.17) is 24.3 Å². The van der Waals surface area contributed by atoms with E-state index in [1.54, 1.807) is 0 Å². The standard InChI is InChI=1S/C63H120NO8P/c1-3-5-7-9-11-13-15-17-19-21-23-25-26-27-28-29-30-31-32-33-34-36-37-39-41-43-45-47-49-51-53-55-62(65)69-59-61(60-71-73(67,68)70-58-57-64)72-63(66)56-54-52-50-48-46-44-42-40-38-35-24-22-20-18-16-14-12-10-8-6-4-2/h16,18,21-24,61H,3-15,17,19-20,25-60,64H2,1-2H3,(H,67,68)/b18-16-,23-21-,24-22-. The van der Waals surface area contributed by atoms with Gasteiger partial charge < -0.3 is 20.1 Å². The first-order valence-electron chi connectivity index (χ1n) is 31.5. The van der Waals surface area contributed by atoms with Gasteiger partial charge in [-0.3, -0.25) is 18.6 Å². The maximum atomic E-state index is 12.7. The molecule has 0 aliphatic rings. The third-order valence-corrected chi connectivity index (χ3v) is 15.0. The Morgan fingerprint density at radius 1 is 0.411 bits per heavy atom.